The molecule has 1 aliphatic heterocycles. The van der Waals surface area contributed by atoms with Gasteiger partial charge in [0, 0.05) is 31.6 Å². The average molecular weight is 390 g/mol. The molecule has 0 spiro atoms. The van der Waals surface area contributed by atoms with Crippen molar-refractivity contribution >= 4 is 30.4 Å². The molecule has 2 rings (SSSR count). The minimum Gasteiger partial charge on any atom is -0.374 e. The van der Waals surface area contributed by atoms with E-state index in [2.05, 4.69) is 26.9 Å². The van der Waals surface area contributed by atoms with Gasteiger partial charge in [-0.2, -0.15) is 0 Å². The summed E-state index contributed by atoms with van der Waals surface area (Å²) in [6.45, 7) is 7.74. The summed E-state index contributed by atoms with van der Waals surface area (Å²) >= 11 is 0. The summed E-state index contributed by atoms with van der Waals surface area (Å²) in [4.78, 5) is 0. The van der Waals surface area contributed by atoms with Gasteiger partial charge >= 0.3 is 8.80 Å². The number of hydrogen-bond donors (Lipinski definition) is 0. The first-order valence-electron chi connectivity index (χ1n) is 8.24. The fourth-order valence-corrected chi connectivity index (χ4v) is 6.27. The van der Waals surface area contributed by atoms with E-state index in [9.17, 15) is 0 Å². The number of aryl methyl sites for hydroxylation is 1. The smallest absolute Gasteiger partial charge is 0.374 e. The lowest BCUT2D eigenvalue weighted by molar-refractivity contribution is 0.0708. The summed E-state index contributed by atoms with van der Waals surface area (Å²) in [7, 11) is 1.18. The van der Waals surface area contributed by atoms with Gasteiger partial charge in [0.05, 0.1) is 11.9 Å². The van der Waals surface area contributed by atoms with E-state index in [1.54, 1.807) is 6.20 Å². The normalized spacial score (nSPS) is 13.6. The van der Waals surface area contributed by atoms with Gasteiger partial charge in [-0.1, -0.05) is 27.7 Å². The summed E-state index contributed by atoms with van der Waals surface area (Å²) in [6, 6.07) is 2.67. The van der Waals surface area contributed by atoms with Crippen molar-refractivity contribution in [3.63, 3.8) is 0 Å². The number of aromatic nitrogens is 3. The third-order valence-electron chi connectivity index (χ3n) is 2.95. The molecular formula is C15H27N3O3S2Si. The van der Waals surface area contributed by atoms with Crippen LogP contribution < -0.4 is 0 Å². The molecule has 0 atom stereocenters. The second-order valence-corrected chi connectivity index (χ2v) is 9.75. The van der Waals surface area contributed by atoms with Gasteiger partial charge in [0.25, 0.3) is 0 Å². The van der Waals surface area contributed by atoms with E-state index in [1.165, 1.54) is 5.75 Å². The van der Waals surface area contributed by atoms with E-state index in [0.29, 0.717) is 19.8 Å². The predicted molar refractivity (Wildman–Crippen MR) is 103 cm³/mol. The van der Waals surface area contributed by atoms with Crippen molar-refractivity contribution in [2.45, 2.75) is 39.7 Å². The molecule has 0 amide bonds. The largest absolute Gasteiger partial charge is 0.500 e. The molecule has 0 bridgehead atoms. The van der Waals surface area contributed by atoms with Crippen LogP contribution in [0.3, 0.4) is 0 Å². The van der Waals surface area contributed by atoms with Crippen LogP contribution in [0.2, 0.25) is 6.04 Å². The van der Waals surface area contributed by atoms with Gasteiger partial charge < -0.3 is 13.3 Å². The van der Waals surface area contributed by atoms with Crippen LogP contribution >= 0.6 is 21.6 Å². The SMILES string of the molecule is C1=CSSC1.CCO[Si](CCCc1ccnnn1)(OCC)OCC. The fraction of sp³-hybridized carbons (Fsp3) is 0.667. The van der Waals surface area contributed by atoms with Crippen molar-refractivity contribution in [3.8, 4) is 0 Å². The average Bonchev–Trinajstić information content (AvgIpc) is 3.16. The summed E-state index contributed by atoms with van der Waals surface area (Å²) in [5.41, 5.74) is 0.933. The van der Waals surface area contributed by atoms with Crippen LogP contribution in [0.1, 0.15) is 32.9 Å². The molecule has 0 fully saturated rings. The van der Waals surface area contributed by atoms with Crippen molar-refractivity contribution in [2.24, 2.45) is 0 Å². The predicted octanol–water partition coefficient (Wildman–Crippen LogP) is 3.75. The number of rotatable bonds is 10. The monoisotopic (exact) mass is 389 g/mol. The number of nitrogens with zero attached hydrogens (tertiary/aromatic N) is 3. The van der Waals surface area contributed by atoms with Crippen LogP contribution in [-0.4, -0.2) is 49.8 Å². The Kier molecular flexibility index (Phi) is 12.4. The van der Waals surface area contributed by atoms with E-state index in [4.69, 9.17) is 13.3 Å². The molecule has 0 N–H and O–H groups in total. The van der Waals surface area contributed by atoms with Crippen molar-refractivity contribution in [1.29, 1.82) is 0 Å². The zero-order valence-corrected chi connectivity index (χ0v) is 17.3. The zero-order valence-electron chi connectivity index (χ0n) is 14.6. The van der Waals surface area contributed by atoms with E-state index < -0.39 is 8.80 Å². The van der Waals surface area contributed by atoms with Gasteiger partial charge in [-0.15, -0.1) is 10.2 Å². The highest BCUT2D eigenvalue weighted by Crippen LogP contribution is 2.27. The van der Waals surface area contributed by atoms with Crippen molar-refractivity contribution in [1.82, 2.24) is 15.4 Å². The first-order valence-corrected chi connectivity index (χ1v) is 12.6. The molecule has 6 nitrogen and oxygen atoms in total. The zero-order chi connectivity index (χ0) is 17.5. The third-order valence-corrected chi connectivity index (χ3v) is 8.02. The molecule has 1 aromatic rings. The quantitative estimate of drug-likeness (QED) is 0.443. The van der Waals surface area contributed by atoms with Crippen LogP contribution in [-0.2, 0) is 19.7 Å². The minimum atomic E-state index is -2.51. The molecule has 2 heterocycles. The first-order chi connectivity index (χ1) is 11.8. The van der Waals surface area contributed by atoms with E-state index in [-0.39, 0.29) is 0 Å². The topological polar surface area (TPSA) is 66.4 Å². The van der Waals surface area contributed by atoms with Gasteiger partial charge in [-0.25, -0.2) is 0 Å². The molecule has 0 saturated heterocycles. The lowest BCUT2D eigenvalue weighted by Gasteiger charge is -2.28. The van der Waals surface area contributed by atoms with Gasteiger partial charge in [0.15, 0.2) is 0 Å². The maximum Gasteiger partial charge on any atom is 0.500 e. The Balaban J connectivity index is 0.000000488. The van der Waals surface area contributed by atoms with Crippen molar-refractivity contribution in [2.75, 3.05) is 25.6 Å². The maximum absolute atomic E-state index is 5.79. The molecule has 1 aliphatic rings. The summed E-state index contributed by atoms with van der Waals surface area (Å²) < 4.78 is 17.4. The molecule has 136 valence electrons. The van der Waals surface area contributed by atoms with Crippen LogP contribution in [0.5, 0.6) is 0 Å². The molecule has 0 saturated carbocycles. The maximum atomic E-state index is 5.79. The molecular weight excluding hydrogens is 362 g/mol. The van der Waals surface area contributed by atoms with Gasteiger partial charge in [0.2, 0.25) is 0 Å². The van der Waals surface area contributed by atoms with Gasteiger partial charge in [-0.3, -0.25) is 0 Å². The standard InChI is InChI=1S/C12H23N3O3Si.C3H4S2/c1-4-16-19(17-5-2,18-6-3)11-7-8-12-9-10-13-15-14-12;1-2-4-5-3-1/h9-10H,4-8,11H2,1-3H3;1-2H,3H2. The Labute approximate surface area is 153 Å². The Morgan fingerprint density at radius 1 is 1.12 bits per heavy atom. The Hall–Kier alpha value is -0.453. The lowest BCUT2D eigenvalue weighted by Crippen LogP contribution is -2.46. The first kappa shape index (κ1) is 21.6. The highest BCUT2D eigenvalue weighted by molar-refractivity contribution is 8.78. The molecule has 24 heavy (non-hydrogen) atoms. The van der Waals surface area contributed by atoms with Gasteiger partial charge in [0.1, 0.15) is 0 Å². The molecule has 1 aromatic heterocycles. The third kappa shape index (κ3) is 9.14. The molecule has 0 radical (unpaired) electrons. The van der Waals surface area contributed by atoms with E-state index in [0.717, 1.165) is 24.6 Å². The van der Waals surface area contributed by atoms with E-state index >= 15 is 0 Å². The highest BCUT2D eigenvalue weighted by atomic mass is 33.1. The second kappa shape index (κ2) is 13.8. The molecule has 0 aromatic carbocycles. The van der Waals surface area contributed by atoms with Crippen LogP contribution in [0.4, 0.5) is 0 Å². The van der Waals surface area contributed by atoms with Crippen molar-refractivity contribution in [3.05, 3.63) is 29.4 Å². The summed E-state index contributed by atoms with van der Waals surface area (Å²) in [6.07, 6.45) is 5.55. The summed E-state index contributed by atoms with van der Waals surface area (Å²) in [5, 5.41) is 13.4. The molecule has 9 heteroatoms. The Bertz CT molecular complexity index is 432. The summed E-state index contributed by atoms with van der Waals surface area (Å²) in [5.74, 6) is 1.20. The molecule has 0 aliphatic carbocycles. The lowest BCUT2D eigenvalue weighted by atomic mass is 10.2. The highest BCUT2D eigenvalue weighted by Gasteiger charge is 2.39. The number of hydrogen-bond acceptors (Lipinski definition) is 8. The minimum absolute atomic E-state index is 0.612. The van der Waals surface area contributed by atoms with Crippen LogP contribution in [0, 0.1) is 0 Å². The van der Waals surface area contributed by atoms with Crippen LogP contribution in [0.25, 0.3) is 0 Å². The van der Waals surface area contributed by atoms with Gasteiger partial charge in [-0.05, 0) is 50.3 Å². The fourth-order valence-electron chi connectivity index (χ4n) is 2.08. The Morgan fingerprint density at radius 3 is 2.25 bits per heavy atom. The molecule has 0 unspecified atom stereocenters. The van der Waals surface area contributed by atoms with Crippen LogP contribution in [0.15, 0.2) is 23.7 Å². The van der Waals surface area contributed by atoms with Crippen molar-refractivity contribution < 1.29 is 13.3 Å². The Morgan fingerprint density at radius 2 is 1.83 bits per heavy atom. The van der Waals surface area contributed by atoms with E-state index in [1.807, 2.05) is 48.4 Å². The second-order valence-electron chi connectivity index (χ2n) is 4.70.